The predicted molar refractivity (Wildman–Crippen MR) is 42.9 cm³/mol. The van der Waals surface area contributed by atoms with E-state index in [9.17, 15) is 0 Å². The van der Waals surface area contributed by atoms with Crippen molar-refractivity contribution in [2.24, 2.45) is 5.92 Å². The second-order valence-electron chi connectivity index (χ2n) is 1.88. The van der Waals surface area contributed by atoms with Gasteiger partial charge in [-0.05, 0) is 5.92 Å². The molecule has 0 aromatic rings. The molecule has 4 heteroatoms. The maximum absolute atomic E-state index is 4.96. The minimum absolute atomic E-state index is 0.538. The lowest BCUT2D eigenvalue weighted by molar-refractivity contribution is 0.317. The van der Waals surface area contributed by atoms with E-state index in [0.717, 1.165) is 0 Å². The molecule has 0 aliphatic heterocycles. The number of rotatable bonds is 3. The summed E-state index contributed by atoms with van der Waals surface area (Å²) >= 11 is 9.24. The number of hydrogen-bond donors (Lipinski definition) is 0. The molecule has 0 amide bonds. The molecule has 0 fully saturated rings. The molecule has 0 rings (SSSR count). The molecule has 0 bridgehead atoms. The Hall–Kier alpha value is 0.750. The first-order chi connectivity index (χ1) is 3.63. The van der Waals surface area contributed by atoms with Crippen molar-refractivity contribution in [2.75, 3.05) is 6.61 Å². The molecule has 50 valence electrons. The van der Waals surface area contributed by atoms with E-state index in [-0.39, 0.29) is 0 Å². The lowest BCUT2D eigenvalue weighted by Crippen LogP contribution is -1.98. The Labute approximate surface area is 61.5 Å². The van der Waals surface area contributed by atoms with Gasteiger partial charge in [-0.2, -0.15) is 0 Å². The normalized spacial score (nSPS) is 11.0. The summed E-state index contributed by atoms with van der Waals surface area (Å²) in [5, 5.41) is 0. The summed E-state index contributed by atoms with van der Waals surface area (Å²) in [6.07, 6.45) is 0. The van der Waals surface area contributed by atoms with Crippen molar-refractivity contribution in [1.82, 2.24) is 0 Å². The van der Waals surface area contributed by atoms with Crippen molar-refractivity contribution in [2.45, 2.75) is 13.8 Å². The summed E-state index contributed by atoms with van der Waals surface area (Å²) < 4.78 is 4.96. The fourth-order valence-corrected chi connectivity index (χ4v) is 0.908. The quantitative estimate of drug-likeness (QED) is 0.586. The van der Waals surface area contributed by atoms with Gasteiger partial charge in [-0.1, -0.05) is 13.8 Å². The van der Waals surface area contributed by atoms with E-state index >= 15 is 0 Å². The van der Waals surface area contributed by atoms with Crippen molar-refractivity contribution in [3.05, 3.63) is 0 Å². The van der Waals surface area contributed by atoms with E-state index in [1.807, 2.05) is 0 Å². The standard InChI is InChI=1S/C4H9OS3/c1-4(2)3-5-8(6)7/h4H,3H2,1-2H3/q-1. The third-order valence-corrected chi connectivity index (χ3v) is 1.40. The molecular weight excluding hydrogens is 160 g/mol. The lowest BCUT2D eigenvalue weighted by Gasteiger charge is -2.08. The molecule has 0 unspecified atom stereocenters. The van der Waals surface area contributed by atoms with Crippen LogP contribution in [-0.4, -0.2) is 6.61 Å². The van der Waals surface area contributed by atoms with Gasteiger partial charge in [0.1, 0.15) is 0 Å². The zero-order chi connectivity index (χ0) is 6.57. The van der Waals surface area contributed by atoms with Crippen LogP contribution in [-0.2, 0) is 34.9 Å². The highest BCUT2D eigenvalue weighted by molar-refractivity contribution is 8.44. The van der Waals surface area contributed by atoms with Gasteiger partial charge in [-0.3, -0.25) is 0 Å². The van der Waals surface area contributed by atoms with Crippen LogP contribution in [0.25, 0.3) is 0 Å². The lowest BCUT2D eigenvalue weighted by atomic mass is 10.2. The van der Waals surface area contributed by atoms with Crippen molar-refractivity contribution in [3.63, 3.8) is 0 Å². The van der Waals surface area contributed by atoms with Crippen LogP contribution in [0.1, 0.15) is 13.8 Å². The predicted octanol–water partition coefficient (Wildman–Crippen LogP) is 1.12. The third kappa shape index (κ3) is 6.75. The van der Waals surface area contributed by atoms with Crippen molar-refractivity contribution in [3.8, 4) is 0 Å². The smallest absolute Gasteiger partial charge is 0.0256 e. The highest BCUT2D eigenvalue weighted by Gasteiger charge is 1.85. The molecule has 8 heavy (non-hydrogen) atoms. The molecular formula is C4H9OS3-. The zero-order valence-corrected chi connectivity index (χ0v) is 7.37. The van der Waals surface area contributed by atoms with E-state index in [4.69, 9.17) is 4.18 Å². The topological polar surface area (TPSA) is 9.23 Å². The maximum atomic E-state index is 4.96. The minimum Gasteiger partial charge on any atom is -0.466 e. The Morgan fingerprint density at radius 3 is 2.12 bits per heavy atom. The first-order valence-electron chi connectivity index (χ1n) is 2.35. The molecule has 0 aliphatic rings. The fourth-order valence-electron chi connectivity index (χ4n) is 0.192. The SMILES string of the molecule is CC(C)CO[S-](=S)=S. The van der Waals surface area contributed by atoms with Crippen LogP contribution in [0.3, 0.4) is 0 Å². The van der Waals surface area contributed by atoms with Gasteiger partial charge in [-0.15, -0.1) is 0 Å². The third-order valence-electron chi connectivity index (χ3n) is 0.498. The first-order valence-corrected chi connectivity index (χ1v) is 5.35. The molecule has 0 N–H and O–H groups in total. The van der Waals surface area contributed by atoms with Gasteiger partial charge < -0.3 is 4.18 Å². The van der Waals surface area contributed by atoms with Gasteiger partial charge >= 0.3 is 0 Å². The molecule has 0 aromatic heterocycles. The first kappa shape index (κ1) is 8.75. The van der Waals surface area contributed by atoms with Gasteiger partial charge in [0, 0.05) is 6.61 Å². The molecule has 0 aliphatic carbocycles. The Morgan fingerprint density at radius 2 is 2.00 bits per heavy atom. The number of hydrogen-bond acceptors (Lipinski definition) is 4. The highest BCUT2D eigenvalue weighted by atomic mass is 33.1. The second-order valence-corrected chi connectivity index (χ2v) is 4.98. The Morgan fingerprint density at radius 1 is 1.50 bits per heavy atom. The largest absolute Gasteiger partial charge is 0.466 e. The van der Waals surface area contributed by atoms with E-state index in [1.165, 1.54) is 0 Å². The molecule has 1 nitrogen and oxygen atoms in total. The summed E-state index contributed by atoms with van der Waals surface area (Å²) in [5.41, 5.74) is 0. The minimum atomic E-state index is -0.669. The summed E-state index contributed by atoms with van der Waals surface area (Å²) in [6, 6.07) is 0. The monoisotopic (exact) mass is 169 g/mol. The Kier molecular flexibility index (Phi) is 5.04. The van der Waals surface area contributed by atoms with Crippen LogP contribution >= 0.6 is 0 Å². The van der Waals surface area contributed by atoms with E-state index in [0.29, 0.717) is 12.5 Å². The van der Waals surface area contributed by atoms with E-state index < -0.39 is 8.29 Å². The van der Waals surface area contributed by atoms with Crippen molar-refractivity contribution < 1.29 is 4.18 Å². The Bertz CT molecular complexity index is 108. The molecule has 0 radical (unpaired) electrons. The Balaban J connectivity index is 3.18. The van der Waals surface area contributed by atoms with Gasteiger partial charge in [0.25, 0.3) is 0 Å². The van der Waals surface area contributed by atoms with E-state index in [1.54, 1.807) is 0 Å². The van der Waals surface area contributed by atoms with Crippen LogP contribution in [0.15, 0.2) is 0 Å². The molecule has 0 aromatic carbocycles. The van der Waals surface area contributed by atoms with Crippen LogP contribution in [0.5, 0.6) is 0 Å². The van der Waals surface area contributed by atoms with Crippen molar-refractivity contribution >= 4 is 30.7 Å². The molecule has 0 heterocycles. The maximum Gasteiger partial charge on any atom is 0.0256 e. The highest BCUT2D eigenvalue weighted by Crippen LogP contribution is 1.91. The molecule has 0 saturated heterocycles. The molecule has 0 atom stereocenters. The average Bonchev–Trinajstić information content (AvgIpc) is 1.61. The summed E-state index contributed by atoms with van der Waals surface area (Å²) in [5.74, 6) is 0.538. The second kappa shape index (κ2) is 4.61. The average molecular weight is 169 g/mol. The van der Waals surface area contributed by atoms with Crippen LogP contribution in [0.4, 0.5) is 0 Å². The summed E-state index contributed by atoms with van der Waals surface area (Å²) in [4.78, 5) is 0. The summed E-state index contributed by atoms with van der Waals surface area (Å²) in [6.45, 7) is 4.82. The van der Waals surface area contributed by atoms with Gasteiger partial charge in [-0.25, -0.2) is 30.7 Å². The van der Waals surface area contributed by atoms with Gasteiger partial charge in [0.05, 0.1) is 0 Å². The molecule has 0 spiro atoms. The van der Waals surface area contributed by atoms with E-state index in [2.05, 4.69) is 36.2 Å². The van der Waals surface area contributed by atoms with Gasteiger partial charge in [0.15, 0.2) is 0 Å². The van der Waals surface area contributed by atoms with Crippen molar-refractivity contribution in [1.29, 1.82) is 0 Å². The fraction of sp³-hybridized carbons (Fsp3) is 1.00. The van der Waals surface area contributed by atoms with Gasteiger partial charge in [0.2, 0.25) is 0 Å². The van der Waals surface area contributed by atoms with Crippen LogP contribution < -0.4 is 0 Å². The summed E-state index contributed by atoms with van der Waals surface area (Å²) in [7, 11) is -0.669. The molecule has 0 saturated carbocycles. The zero-order valence-electron chi connectivity index (χ0n) is 4.92. The van der Waals surface area contributed by atoms with Crippen LogP contribution in [0.2, 0.25) is 0 Å². The van der Waals surface area contributed by atoms with Crippen LogP contribution in [0, 0.1) is 5.92 Å².